The molecule has 4 nitrogen and oxygen atoms in total. The minimum absolute atomic E-state index is 0.0289. The van der Waals surface area contributed by atoms with Crippen LogP contribution in [0, 0.1) is 23.7 Å². The molecular weight excluding hydrogens is 240 g/mol. The lowest BCUT2D eigenvalue weighted by molar-refractivity contribution is -0.129. The number of amides is 2. The van der Waals surface area contributed by atoms with E-state index in [0.29, 0.717) is 31.3 Å². The van der Waals surface area contributed by atoms with E-state index in [-0.39, 0.29) is 17.7 Å². The largest absolute Gasteiger partial charge is 0.355 e. The maximum Gasteiger partial charge on any atom is 0.225 e. The van der Waals surface area contributed by atoms with Crippen molar-refractivity contribution in [2.45, 2.75) is 51.5 Å². The normalized spacial score (nSPS) is 38.9. The molecule has 5 unspecified atom stereocenters. The van der Waals surface area contributed by atoms with Crippen LogP contribution in [0.15, 0.2) is 0 Å². The quantitative estimate of drug-likeness (QED) is 0.810. The van der Waals surface area contributed by atoms with Gasteiger partial charge in [-0.1, -0.05) is 6.42 Å². The van der Waals surface area contributed by atoms with Gasteiger partial charge >= 0.3 is 0 Å². The van der Waals surface area contributed by atoms with Crippen LogP contribution in [0.2, 0.25) is 0 Å². The molecule has 1 aliphatic heterocycles. The molecular formula is C15H24N2O2. The third-order valence-electron chi connectivity index (χ3n) is 5.44. The van der Waals surface area contributed by atoms with E-state index < -0.39 is 0 Å². The Morgan fingerprint density at radius 3 is 2.74 bits per heavy atom. The fraction of sp³-hybridized carbons (Fsp3) is 0.867. The third-order valence-corrected chi connectivity index (χ3v) is 5.44. The minimum Gasteiger partial charge on any atom is -0.355 e. The summed E-state index contributed by atoms with van der Waals surface area (Å²) < 4.78 is 0. The average molecular weight is 264 g/mol. The van der Waals surface area contributed by atoms with Crippen LogP contribution in [-0.2, 0) is 9.59 Å². The molecule has 2 saturated carbocycles. The average Bonchev–Trinajstić information content (AvgIpc) is 3.01. The number of carbonyl (C=O) groups excluding carboxylic acids is 2. The molecule has 19 heavy (non-hydrogen) atoms. The van der Waals surface area contributed by atoms with E-state index in [9.17, 15) is 9.59 Å². The van der Waals surface area contributed by atoms with E-state index in [0.717, 1.165) is 11.8 Å². The smallest absolute Gasteiger partial charge is 0.225 e. The van der Waals surface area contributed by atoms with Crippen LogP contribution in [-0.4, -0.2) is 24.4 Å². The van der Waals surface area contributed by atoms with Gasteiger partial charge in [-0.15, -0.1) is 0 Å². The van der Waals surface area contributed by atoms with Crippen LogP contribution in [0.3, 0.4) is 0 Å². The van der Waals surface area contributed by atoms with Gasteiger partial charge in [0.05, 0.1) is 5.92 Å². The lowest BCUT2D eigenvalue weighted by Gasteiger charge is -2.30. The number of hydrogen-bond acceptors (Lipinski definition) is 2. The Kier molecular flexibility index (Phi) is 3.50. The fourth-order valence-corrected chi connectivity index (χ4v) is 4.31. The molecule has 1 heterocycles. The molecule has 4 heteroatoms. The second-order valence-electron chi connectivity index (χ2n) is 6.68. The van der Waals surface area contributed by atoms with Crippen molar-refractivity contribution in [3.05, 3.63) is 0 Å². The zero-order chi connectivity index (χ0) is 13.4. The monoisotopic (exact) mass is 264 g/mol. The number of fused-ring (bicyclic) bond motifs is 2. The first-order valence-electron chi connectivity index (χ1n) is 7.70. The van der Waals surface area contributed by atoms with Crippen molar-refractivity contribution < 1.29 is 9.59 Å². The summed E-state index contributed by atoms with van der Waals surface area (Å²) in [6.45, 7) is 2.67. The minimum atomic E-state index is -0.0289. The summed E-state index contributed by atoms with van der Waals surface area (Å²) in [5, 5.41) is 5.98. The van der Waals surface area contributed by atoms with Crippen LogP contribution in [0.1, 0.15) is 45.4 Å². The van der Waals surface area contributed by atoms with Crippen LogP contribution in [0.4, 0.5) is 0 Å². The predicted octanol–water partition coefficient (Wildman–Crippen LogP) is 1.45. The van der Waals surface area contributed by atoms with E-state index in [4.69, 9.17) is 0 Å². The Morgan fingerprint density at radius 2 is 2.16 bits per heavy atom. The van der Waals surface area contributed by atoms with E-state index in [1.165, 1.54) is 25.7 Å². The molecule has 2 amide bonds. The topological polar surface area (TPSA) is 58.2 Å². The molecule has 0 aromatic rings. The van der Waals surface area contributed by atoms with Gasteiger partial charge in [0.25, 0.3) is 0 Å². The standard InChI is InChI=1S/C15H24N2O2/c1-9(13-7-10-2-3-11(13)6-10)17-15(19)12-4-5-14(18)16-8-12/h9-13H,2-8H2,1H3,(H,16,18)(H,17,19). The number of hydrogen-bond donors (Lipinski definition) is 2. The van der Waals surface area contributed by atoms with E-state index in [2.05, 4.69) is 17.6 Å². The molecule has 1 saturated heterocycles. The number of nitrogens with one attached hydrogen (secondary N) is 2. The molecule has 106 valence electrons. The summed E-state index contributed by atoms with van der Waals surface area (Å²) in [4.78, 5) is 23.3. The summed E-state index contributed by atoms with van der Waals surface area (Å²) in [6, 6.07) is 0.292. The summed E-state index contributed by atoms with van der Waals surface area (Å²) >= 11 is 0. The first-order chi connectivity index (χ1) is 9.13. The van der Waals surface area contributed by atoms with Gasteiger partial charge in [-0.05, 0) is 50.4 Å². The third kappa shape index (κ3) is 2.63. The van der Waals surface area contributed by atoms with Gasteiger partial charge in [0, 0.05) is 19.0 Å². The van der Waals surface area contributed by atoms with Gasteiger partial charge in [0.15, 0.2) is 0 Å². The highest BCUT2D eigenvalue weighted by Crippen LogP contribution is 2.49. The molecule has 0 radical (unpaired) electrons. The molecule has 2 aliphatic carbocycles. The fourth-order valence-electron chi connectivity index (χ4n) is 4.31. The molecule has 0 aromatic heterocycles. The summed E-state index contributed by atoms with van der Waals surface area (Å²) in [5.41, 5.74) is 0. The molecule has 0 spiro atoms. The molecule has 2 N–H and O–H groups in total. The second kappa shape index (κ2) is 5.14. The van der Waals surface area contributed by atoms with Crippen molar-refractivity contribution in [2.75, 3.05) is 6.54 Å². The summed E-state index contributed by atoms with van der Waals surface area (Å²) in [5.74, 6) is 2.62. The van der Waals surface area contributed by atoms with Crippen LogP contribution in [0.25, 0.3) is 0 Å². The van der Waals surface area contributed by atoms with Crippen molar-refractivity contribution in [3.8, 4) is 0 Å². The van der Waals surface area contributed by atoms with Crippen LogP contribution >= 0.6 is 0 Å². The van der Waals surface area contributed by atoms with E-state index >= 15 is 0 Å². The molecule has 0 aromatic carbocycles. The van der Waals surface area contributed by atoms with Crippen molar-refractivity contribution in [2.24, 2.45) is 23.7 Å². The zero-order valence-corrected chi connectivity index (χ0v) is 11.7. The Bertz CT molecular complexity index is 372. The van der Waals surface area contributed by atoms with Crippen molar-refractivity contribution in [1.82, 2.24) is 10.6 Å². The van der Waals surface area contributed by atoms with Crippen molar-refractivity contribution >= 4 is 11.8 Å². The van der Waals surface area contributed by atoms with Crippen LogP contribution in [0.5, 0.6) is 0 Å². The van der Waals surface area contributed by atoms with Gasteiger partial charge in [-0.2, -0.15) is 0 Å². The molecule has 5 atom stereocenters. The number of carbonyl (C=O) groups is 2. The first-order valence-corrected chi connectivity index (χ1v) is 7.70. The SMILES string of the molecule is CC(NC(=O)C1CCC(=O)NC1)C1CC2CCC1C2. The highest BCUT2D eigenvalue weighted by Gasteiger charge is 2.42. The second-order valence-corrected chi connectivity index (χ2v) is 6.68. The highest BCUT2D eigenvalue weighted by molar-refractivity contribution is 5.83. The van der Waals surface area contributed by atoms with Gasteiger partial charge in [-0.25, -0.2) is 0 Å². The Hall–Kier alpha value is -1.06. The zero-order valence-electron chi connectivity index (χ0n) is 11.7. The molecule has 3 fully saturated rings. The highest BCUT2D eigenvalue weighted by atomic mass is 16.2. The first kappa shape index (κ1) is 12.9. The van der Waals surface area contributed by atoms with E-state index in [1.807, 2.05) is 0 Å². The van der Waals surface area contributed by atoms with Gasteiger partial charge in [0.1, 0.15) is 0 Å². The Balaban J connectivity index is 1.50. The number of rotatable bonds is 3. The van der Waals surface area contributed by atoms with Crippen molar-refractivity contribution in [1.29, 1.82) is 0 Å². The molecule has 2 bridgehead atoms. The number of piperidine rings is 1. The maximum atomic E-state index is 12.2. The lowest BCUT2D eigenvalue weighted by atomic mass is 9.83. The van der Waals surface area contributed by atoms with Gasteiger partial charge < -0.3 is 10.6 Å². The Labute approximate surface area is 114 Å². The lowest BCUT2D eigenvalue weighted by Crippen LogP contribution is -2.47. The molecule has 3 rings (SSSR count). The van der Waals surface area contributed by atoms with E-state index in [1.54, 1.807) is 0 Å². The van der Waals surface area contributed by atoms with Crippen molar-refractivity contribution in [3.63, 3.8) is 0 Å². The molecule has 3 aliphatic rings. The maximum absolute atomic E-state index is 12.2. The van der Waals surface area contributed by atoms with Gasteiger partial charge in [-0.3, -0.25) is 9.59 Å². The van der Waals surface area contributed by atoms with Gasteiger partial charge in [0.2, 0.25) is 11.8 Å². The summed E-state index contributed by atoms with van der Waals surface area (Å²) in [6.07, 6.45) is 6.62. The van der Waals surface area contributed by atoms with Crippen LogP contribution < -0.4 is 10.6 Å². The Morgan fingerprint density at radius 1 is 1.32 bits per heavy atom. The predicted molar refractivity (Wildman–Crippen MR) is 72.3 cm³/mol. The summed E-state index contributed by atoms with van der Waals surface area (Å²) in [7, 11) is 0.